The van der Waals surface area contributed by atoms with Gasteiger partial charge in [0, 0.05) is 139 Å². The number of alkyl carbamates (subject to hydrolysis) is 1. The number of aliphatic hydroxyl groups is 1. The molecule has 5 atom stereocenters. The minimum absolute atomic E-state index is 0.0270. The zero-order valence-electron chi connectivity index (χ0n) is 74.1. The van der Waals surface area contributed by atoms with Crippen molar-refractivity contribution in [1.29, 1.82) is 0 Å². The molecule has 4 aliphatic rings. The SMILES string of the molecule is CC[C@@]1(O)C(=O)OCc2c1cc1n(c2=O)Cc2c-1nc1cc(F)c(C)c3c1c2[C@@H](NC(=O)OCc1ccc(NC(=O)[C@H](C)NC(=O)[C@@H](NC(=O)CCCCCN2C(=O)CC(S)C2=O)C(C)C)cc1CN(C)C(=O)CN(C)C(=O)CN(C)C(=O)CN(C)C(=O)CN(C)C(=O)CN(C)C(=O)CN(C)C(=O)CN(C)C(=O)CN(C)C(=O)CN(C)C(=O)CN(C)C(C)=O)CC3. The van der Waals surface area contributed by atoms with Gasteiger partial charge in [0.05, 0.1) is 106 Å². The number of amides is 17. The van der Waals surface area contributed by atoms with E-state index < -0.39 is 194 Å². The number of cyclic esters (lactones) is 1. The molecule has 0 saturated carbocycles. The Kier molecular flexibility index (Phi) is 33.3. The highest BCUT2D eigenvalue weighted by Crippen LogP contribution is 2.46. The topological polar surface area (TPSA) is 468 Å². The largest absolute Gasteiger partial charge is 0.458 e. The van der Waals surface area contributed by atoms with Crippen LogP contribution in [0.3, 0.4) is 0 Å². The number of carbonyl (C=O) groups is 18. The van der Waals surface area contributed by atoms with Crippen molar-refractivity contribution in [2.24, 2.45) is 5.92 Å². The predicted molar refractivity (Wildman–Crippen MR) is 454 cm³/mol. The van der Waals surface area contributed by atoms with Gasteiger partial charge < -0.3 is 94.3 Å². The highest BCUT2D eigenvalue weighted by atomic mass is 32.1. The third kappa shape index (κ3) is 23.9. The summed E-state index contributed by atoms with van der Waals surface area (Å²) in [5.74, 6) is -11.3. The Morgan fingerprint density at radius 1 is 0.619 bits per heavy atom. The van der Waals surface area contributed by atoms with Gasteiger partial charge in [0.1, 0.15) is 31.1 Å². The lowest BCUT2D eigenvalue weighted by Gasteiger charge is -2.31. The molecule has 126 heavy (non-hydrogen) atoms. The summed E-state index contributed by atoms with van der Waals surface area (Å²) in [5.41, 5.74) is 1.08. The summed E-state index contributed by atoms with van der Waals surface area (Å²) in [5, 5.41) is 22.6. The van der Waals surface area contributed by atoms with E-state index in [2.05, 4.69) is 33.9 Å². The molecular weight excluding hydrogens is 1660 g/mol. The number of nitrogens with one attached hydrogen (secondary N) is 4. The third-order valence-corrected chi connectivity index (χ3v) is 23.4. The molecule has 40 nitrogen and oxygen atoms in total. The zero-order chi connectivity index (χ0) is 93.7. The molecule has 3 aliphatic heterocycles. The average molecular weight is 1780 g/mol. The number of aryl methyl sites for hydroxylation is 1. The van der Waals surface area contributed by atoms with Crippen molar-refractivity contribution in [3.63, 3.8) is 0 Å². The van der Waals surface area contributed by atoms with Crippen LogP contribution in [-0.2, 0) is 129 Å². The van der Waals surface area contributed by atoms with E-state index >= 15 is 4.39 Å². The molecular formula is C84H113FN18O22S. The number of nitrogens with zero attached hydrogens (tertiary/aromatic N) is 14. The number of halogens is 1. The number of aromatic nitrogens is 2. The summed E-state index contributed by atoms with van der Waals surface area (Å²) in [6, 6.07) is 4.23. The molecule has 2 aromatic heterocycles. The summed E-state index contributed by atoms with van der Waals surface area (Å²) < 4.78 is 28.5. The lowest BCUT2D eigenvalue weighted by atomic mass is 9.81. The number of likely N-dealkylation sites (tertiary alicyclic amines) is 1. The number of carbonyl (C=O) groups excluding carboxylic acids is 18. The normalized spacial score (nSPS) is 15.7. The Bertz CT molecular complexity index is 5080. The average Bonchev–Trinajstić information content (AvgIpc) is 1.52. The third-order valence-electron chi connectivity index (χ3n) is 23.0. The summed E-state index contributed by atoms with van der Waals surface area (Å²) >= 11 is 4.15. The van der Waals surface area contributed by atoms with Crippen LogP contribution in [0.15, 0.2) is 35.1 Å². The van der Waals surface area contributed by atoms with Gasteiger partial charge in [-0.25, -0.2) is 19.0 Å². The van der Waals surface area contributed by atoms with E-state index in [9.17, 15) is 96.2 Å². The molecule has 684 valence electrons. The van der Waals surface area contributed by atoms with Crippen LogP contribution < -0.4 is 26.8 Å². The van der Waals surface area contributed by atoms with Crippen molar-refractivity contribution < 1.29 is 105 Å². The van der Waals surface area contributed by atoms with E-state index in [0.717, 1.165) is 49.0 Å². The molecule has 17 amide bonds. The standard InChI is InChI=1S/C84H113FN18O22S/c1-18-84(123)56-29-60-77-54(33-103(60)80(119)55(56)45-124-82(84)121)75-58(26-25-53-47(4)57(85)30-59(88-77)74(53)75)89-83(122)125-44-50-23-24-52(87-78(117)48(5)86-79(118)76(46(2)3)90-62(105)22-20-19-21-27-102-63(106)31-61(126)81(102)120)28-51(50)32-92(8)65(108)35-94(10)67(110)37-96(12)69(112)39-98(14)71(114)41-100(16)73(116)43-101(17)72(115)42-99(15)70(113)40-97(13)68(111)38-95(11)66(109)36-93(9)64(107)34-91(7)49(6)104/h23-24,28-30,46,48,58,61,76,123,126H,18-22,25-27,31-45H2,1-17H3,(H,86,118)(H,87,117)(H,89,122)(H,90,105)/t48-,58-,61?,76-,84-/m0/s1. The fourth-order valence-electron chi connectivity index (χ4n) is 14.5. The van der Waals surface area contributed by atoms with Gasteiger partial charge in [-0.3, -0.25) is 86.4 Å². The van der Waals surface area contributed by atoms with Crippen LogP contribution in [-0.4, -0.2) is 347 Å². The number of anilines is 1. The minimum atomic E-state index is -2.14. The molecule has 2 aromatic carbocycles. The van der Waals surface area contributed by atoms with Crippen LogP contribution in [0.4, 0.5) is 14.9 Å². The second-order valence-corrected chi connectivity index (χ2v) is 33.5. The smallest absolute Gasteiger partial charge is 0.407 e. The van der Waals surface area contributed by atoms with Gasteiger partial charge in [-0.15, -0.1) is 0 Å². The summed E-state index contributed by atoms with van der Waals surface area (Å²) in [6.07, 6.45) is 0.910. The second kappa shape index (κ2) is 42.5. The molecule has 1 unspecified atom stereocenters. The Labute approximate surface area is 733 Å². The zero-order valence-corrected chi connectivity index (χ0v) is 75.0. The monoisotopic (exact) mass is 1780 g/mol. The van der Waals surface area contributed by atoms with Gasteiger partial charge in [0.15, 0.2) is 5.60 Å². The van der Waals surface area contributed by atoms with Crippen LogP contribution in [0.25, 0.3) is 22.3 Å². The fraction of sp³-hybridized carbons (Fsp3) is 0.548. The van der Waals surface area contributed by atoms with Crippen LogP contribution in [0.2, 0.25) is 0 Å². The van der Waals surface area contributed by atoms with Crippen LogP contribution in [0.5, 0.6) is 0 Å². The molecule has 5 N–H and O–H groups in total. The number of thiol groups is 1. The van der Waals surface area contributed by atoms with Gasteiger partial charge in [-0.2, -0.15) is 12.6 Å². The first-order chi connectivity index (χ1) is 59.1. The Hall–Kier alpha value is -12.5. The first kappa shape index (κ1) is 98.9. The highest BCUT2D eigenvalue weighted by molar-refractivity contribution is 7.81. The summed E-state index contributed by atoms with van der Waals surface area (Å²) in [6.45, 7) is 3.50. The lowest BCUT2D eigenvalue weighted by Crippen LogP contribution is -2.53. The maximum atomic E-state index is 15.8. The Morgan fingerprint density at radius 2 is 1.10 bits per heavy atom. The maximum absolute atomic E-state index is 15.8. The van der Waals surface area contributed by atoms with Crippen LogP contribution in [0, 0.1) is 18.7 Å². The van der Waals surface area contributed by atoms with E-state index in [1.54, 1.807) is 27.7 Å². The number of benzene rings is 2. The molecule has 1 aliphatic carbocycles. The molecule has 0 bridgehead atoms. The molecule has 1 fully saturated rings. The van der Waals surface area contributed by atoms with Crippen LogP contribution in [0.1, 0.15) is 130 Å². The lowest BCUT2D eigenvalue weighted by molar-refractivity contribution is -0.172. The highest BCUT2D eigenvalue weighted by Gasteiger charge is 2.47. The minimum Gasteiger partial charge on any atom is -0.458 e. The van der Waals surface area contributed by atoms with Gasteiger partial charge in [-0.1, -0.05) is 33.3 Å². The molecule has 42 heteroatoms. The Morgan fingerprint density at radius 3 is 1.56 bits per heavy atom. The van der Waals surface area contributed by atoms with Gasteiger partial charge >= 0.3 is 12.1 Å². The molecule has 4 aromatic rings. The fourth-order valence-corrected chi connectivity index (χ4v) is 14.8. The van der Waals surface area contributed by atoms with Crippen molar-refractivity contribution in [2.75, 3.05) is 155 Å². The quantitative estimate of drug-likeness (QED) is 0.0122. The number of hydrogen-bond acceptors (Lipinski definition) is 24. The van der Waals surface area contributed by atoms with Crippen LogP contribution >= 0.6 is 12.6 Å². The van der Waals surface area contributed by atoms with E-state index in [-0.39, 0.29) is 116 Å². The molecule has 0 radical (unpaired) electrons. The number of unbranched alkanes of at least 4 members (excludes halogenated alkanes) is 2. The van der Waals surface area contributed by atoms with Gasteiger partial charge in [-0.05, 0) is 97.9 Å². The van der Waals surface area contributed by atoms with E-state index in [0.29, 0.717) is 64.5 Å². The first-order valence-electron chi connectivity index (χ1n) is 41.0. The molecule has 8 rings (SSSR count). The summed E-state index contributed by atoms with van der Waals surface area (Å²) in [4.78, 5) is 269. The number of imide groups is 1. The molecule has 1 saturated heterocycles. The first-order valence-corrected chi connectivity index (χ1v) is 41.5. The van der Waals surface area contributed by atoms with Crippen molar-refractivity contribution >= 4 is 136 Å². The number of esters is 1. The number of ether oxygens (including phenoxy) is 2. The van der Waals surface area contributed by atoms with Crippen molar-refractivity contribution in [2.45, 2.75) is 148 Å². The van der Waals surface area contributed by atoms with E-state index in [1.807, 2.05) is 0 Å². The van der Waals surface area contributed by atoms with Crippen molar-refractivity contribution in [3.05, 3.63) is 91.0 Å². The number of hydrogen-bond donors (Lipinski definition) is 6. The van der Waals surface area contributed by atoms with Gasteiger partial charge in [0.25, 0.3) is 5.56 Å². The van der Waals surface area contributed by atoms with Crippen molar-refractivity contribution in [3.8, 4) is 11.4 Å². The molecule has 5 heterocycles. The number of pyridine rings is 2. The van der Waals surface area contributed by atoms with E-state index in [1.165, 1.54) is 136 Å². The summed E-state index contributed by atoms with van der Waals surface area (Å²) in [7, 11) is 14.6. The second-order valence-electron chi connectivity index (χ2n) is 32.9. The van der Waals surface area contributed by atoms with Crippen molar-refractivity contribution in [1.82, 2.24) is 84.3 Å². The number of rotatable bonds is 38. The predicted octanol–water partition coefficient (Wildman–Crippen LogP) is -0.795. The Balaban J connectivity index is 0.874. The number of likely N-dealkylation sites (N-methyl/N-ethyl adjacent to an activating group) is 11. The van der Waals surface area contributed by atoms with E-state index in [4.69, 9.17) is 14.5 Å². The molecule has 0 spiro atoms. The number of fused-ring (bicyclic) bond motifs is 5. The van der Waals surface area contributed by atoms with Gasteiger partial charge in [0.2, 0.25) is 94.5 Å². The maximum Gasteiger partial charge on any atom is 0.407 e.